The van der Waals surface area contributed by atoms with Crippen LogP contribution in [0.2, 0.25) is 0 Å². The largest absolute Gasteiger partial charge is 0.416 e. The predicted octanol–water partition coefficient (Wildman–Crippen LogP) is 5.21. The quantitative estimate of drug-likeness (QED) is 0.687. The molecule has 0 amide bonds. The van der Waals surface area contributed by atoms with Crippen LogP contribution in [-0.2, 0) is 13.2 Å². The van der Waals surface area contributed by atoms with Crippen LogP contribution in [0.5, 0.6) is 0 Å². The first-order valence-corrected chi connectivity index (χ1v) is 8.67. The SMILES string of the molecule is CC(C)CCSc1cn(C)cc(-c2cccc(C(F)(F)F)c2)c1=O. The molecule has 1 aromatic heterocycles. The molecule has 2 rings (SSSR count). The van der Waals surface area contributed by atoms with Gasteiger partial charge in [-0.15, -0.1) is 11.8 Å². The Kier molecular flexibility index (Phi) is 5.80. The molecule has 1 aromatic carbocycles. The number of aryl methyl sites for hydroxylation is 1. The van der Waals surface area contributed by atoms with E-state index < -0.39 is 11.7 Å². The van der Waals surface area contributed by atoms with Crippen LogP contribution in [0.3, 0.4) is 0 Å². The maximum Gasteiger partial charge on any atom is 0.416 e. The van der Waals surface area contributed by atoms with Gasteiger partial charge in [0.1, 0.15) is 0 Å². The number of rotatable bonds is 5. The zero-order valence-corrected chi connectivity index (χ0v) is 14.7. The van der Waals surface area contributed by atoms with Gasteiger partial charge in [0.25, 0.3) is 0 Å². The van der Waals surface area contributed by atoms with E-state index in [0.717, 1.165) is 24.3 Å². The Morgan fingerprint density at radius 3 is 2.54 bits per heavy atom. The third-order valence-corrected chi connectivity index (χ3v) is 4.62. The van der Waals surface area contributed by atoms with Crippen LogP contribution >= 0.6 is 11.8 Å². The number of thioether (sulfide) groups is 1. The van der Waals surface area contributed by atoms with E-state index in [-0.39, 0.29) is 16.6 Å². The third kappa shape index (κ3) is 4.66. The average Bonchev–Trinajstić information content (AvgIpc) is 2.49. The summed E-state index contributed by atoms with van der Waals surface area (Å²) in [6, 6.07) is 4.90. The van der Waals surface area contributed by atoms with E-state index in [2.05, 4.69) is 13.8 Å². The topological polar surface area (TPSA) is 22.0 Å². The molecule has 0 aliphatic heterocycles. The first-order valence-electron chi connectivity index (χ1n) is 7.69. The van der Waals surface area contributed by atoms with Gasteiger partial charge in [-0.3, -0.25) is 4.79 Å². The number of halogens is 3. The minimum Gasteiger partial charge on any atom is -0.355 e. The van der Waals surface area contributed by atoms with E-state index in [1.807, 2.05) is 0 Å². The molecule has 0 aliphatic carbocycles. The highest BCUT2D eigenvalue weighted by Gasteiger charge is 2.30. The predicted molar refractivity (Wildman–Crippen MR) is 92.3 cm³/mol. The Bertz CT molecular complexity index is 766. The molecular formula is C18H20F3NOS. The van der Waals surface area contributed by atoms with Crippen molar-refractivity contribution in [2.75, 3.05) is 5.75 Å². The van der Waals surface area contributed by atoms with E-state index in [1.165, 1.54) is 23.9 Å². The lowest BCUT2D eigenvalue weighted by Gasteiger charge is -2.11. The minimum absolute atomic E-state index is 0.221. The first-order chi connectivity index (χ1) is 11.2. The smallest absolute Gasteiger partial charge is 0.355 e. The molecule has 0 atom stereocenters. The van der Waals surface area contributed by atoms with Gasteiger partial charge in [-0.2, -0.15) is 13.2 Å². The fourth-order valence-electron chi connectivity index (χ4n) is 2.25. The van der Waals surface area contributed by atoms with Crippen LogP contribution in [0.25, 0.3) is 11.1 Å². The maximum atomic E-state index is 12.9. The molecule has 0 saturated heterocycles. The molecule has 0 aliphatic rings. The van der Waals surface area contributed by atoms with E-state index in [0.29, 0.717) is 10.8 Å². The Balaban J connectivity index is 2.41. The van der Waals surface area contributed by atoms with Crippen LogP contribution in [0.15, 0.2) is 46.3 Å². The van der Waals surface area contributed by atoms with Gasteiger partial charge in [0.2, 0.25) is 5.43 Å². The Morgan fingerprint density at radius 2 is 1.92 bits per heavy atom. The van der Waals surface area contributed by atoms with Crippen molar-refractivity contribution < 1.29 is 13.2 Å². The highest BCUT2D eigenvalue weighted by molar-refractivity contribution is 7.99. The standard InChI is InChI=1S/C18H20F3NOS/c1-12(2)7-8-24-16-11-22(3)10-15(17(16)23)13-5-4-6-14(9-13)18(19,20)21/h4-6,9-12H,7-8H2,1-3H3. The molecule has 0 saturated carbocycles. The maximum absolute atomic E-state index is 12.9. The number of nitrogens with zero attached hydrogens (tertiary/aromatic N) is 1. The summed E-state index contributed by atoms with van der Waals surface area (Å²) in [5, 5.41) is 0. The van der Waals surface area contributed by atoms with Gasteiger partial charge in [0.15, 0.2) is 0 Å². The molecule has 6 heteroatoms. The summed E-state index contributed by atoms with van der Waals surface area (Å²) < 4.78 is 40.4. The van der Waals surface area contributed by atoms with Crippen molar-refractivity contribution in [1.82, 2.24) is 4.57 Å². The van der Waals surface area contributed by atoms with Gasteiger partial charge in [-0.1, -0.05) is 26.0 Å². The highest BCUT2D eigenvalue weighted by Crippen LogP contribution is 2.31. The normalized spacial score (nSPS) is 12.0. The van der Waals surface area contributed by atoms with Crippen LogP contribution in [-0.4, -0.2) is 10.3 Å². The van der Waals surface area contributed by atoms with Crippen molar-refractivity contribution in [3.05, 3.63) is 52.4 Å². The van der Waals surface area contributed by atoms with Crippen LogP contribution in [0.4, 0.5) is 13.2 Å². The van der Waals surface area contributed by atoms with Crippen molar-refractivity contribution >= 4 is 11.8 Å². The summed E-state index contributed by atoms with van der Waals surface area (Å²) in [5.74, 6) is 1.34. The van der Waals surface area contributed by atoms with Gasteiger partial charge in [-0.05, 0) is 35.8 Å². The van der Waals surface area contributed by atoms with Crippen molar-refractivity contribution in [3.8, 4) is 11.1 Å². The average molecular weight is 355 g/mol. The van der Waals surface area contributed by atoms with E-state index in [9.17, 15) is 18.0 Å². The Labute approximate surface area is 143 Å². The van der Waals surface area contributed by atoms with E-state index in [4.69, 9.17) is 0 Å². The van der Waals surface area contributed by atoms with Crippen LogP contribution in [0, 0.1) is 5.92 Å². The molecule has 130 valence electrons. The minimum atomic E-state index is -4.43. The van der Waals surface area contributed by atoms with E-state index in [1.54, 1.807) is 24.0 Å². The fourth-order valence-corrected chi connectivity index (χ4v) is 3.54. The molecule has 0 spiro atoms. The van der Waals surface area contributed by atoms with Crippen molar-refractivity contribution in [1.29, 1.82) is 0 Å². The van der Waals surface area contributed by atoms with Crippen molar-refractivity contribution in [2.24, 2.45) is 13.0 Å². The summed E-state index contributed by atoms with van der Waals surface area (Å²) >= 11 is 1.45. The van der Waals surface area contributed by atoms with E-state index >= 15 is 0 Å². The summed E-state index contributed by atoms with van der Waals surface area (Å²) in [4.78, 5) is 13.2. The molecule has 0 fully saturated rings. The molecule has 2 aromatic rings. The zero-order valence-electron chi connectivity index (χ0n) is 13.9. The number of benzene rings is 1. The van der Waals surface area contributed by atoms with Gasteiger partial charge in [0.05, 0.1) is 10.5 Å². The van der Waals surface area contributed by atoms with Crippen molar-refractivity contribution in [2.45, 2.75) is 31.3 Å². The lowest BCUT2D eigenvalue weighted by Crippen LogP contribution is -2.12. The zero-order chi connectivity index (χ0) is 17.9. The molecule has 0 bridgehead atoms. The number of hydrogen-bond donors (Lipinski definition) is 0. The van der Waals surface area contributed by atoms with Gasteiger partial charge >= 0.3 is 6.18 Å². The third-order valence-electron chi connectivity index (χ3n) is 3.58. The molecule has 1 heterocycles. The molecule has 0 N–H and O–H groups in total. The number of alkyl halides is 3. The molecule has 0 radical (unpaired) electrons. The Hall–Kier alpha value is -1.69. The Morgan fingerprint density at radius 1 is 1.21 bits per heavy atom. The second-order valence-corrected chi connectivity index (χ2v) is 7.28. The van der Waals surface area contributed by atoms with Gasteiger partial charge in [-0.25, -0.2) is 0 Å². The molecular weight excluding hydrogens is 335 g/mol. The highest BCUT2D eigenvalue weighted by atomic mass is 32.2. The lowest BCUT2D eigenvalue weighted by atomic mass is 10.0. The molecule has 2 nitrogen and oxygen atoms in total. The molecule has 24 heavy (non-hydrogen) atoms. The summed E-state index contributed by atoms with van der Waals surface area (Å²) in [7, 11) is 1.77. The fraction of sp³-hybridized carbons (Fsp3) is 0.389. The second kappa shape index (κ2) is 7.47. The second-order valence-electron chi connectivity index (χ2n) is 6.14. The summed E-state index contributed by atoms with van der Waals surface area (Å²) in [6.45, 7) is 4.22. The lowest BCUT2D eigenvalue weighted by molar-refractivity contribution is -0.137. The van der Waals surface area contributed by atoms with Gasteiger partial charge in [0, 0.05) is 25.0 Å². The van der Waals surface area contributed by atoms with Crippen LogP contribution < -0.4 is 5.43 Å². The monoisotopic (exact) mass is 355 g/mol. The summed E-state index contributed by atoms with van der Waals surface area (Å²) in [6.07, 6.45) is -0.152. The van der Waals surface area contributed by atoms with Crippen molar-refractivity contribution in [3.63, 3.8) is 0 Å². The molecule has 0 unspecified atom stereocenters. The summed E-state index contributed by atoms with van der Waals surface area (Å²) in [5.41, 5.74) is -0.393. The van der Waals surface area contributed by atoms with Crippen LogP contribution in [0.1, 0.15) is 25.8 Å². The number of pyridine rings is 1. The number of aromatic nitrogens is 1. The first kappa shape index (κ1) is 18.6. The van der Waals surface area contributed by atoms with Gasteiger partial charge < -0.3 is 4.57 Å². The number of hydrogen-bond acceptors (Lipinski definition) is 2.